The molecule has 0 aromatic carbocycles. The zero-order valence-electron chi connectivity index (χ0n) is 14.6. The molecular formula is C18H20N4O2S2. The van der Waals surface area contributed by atoms with Gasteiger partial charge in [0.25, 0.3) is 5.91 Å². The maximum Gasteiger partial charge on any atom is 0.271 e. The monoisotopic (exact) mass is 388 g/mol. The van der Waals surface area contributed by atoms with E-state index in [9.17, 15) is 9.59 Å². The Hall–Kier alpha value is -2.24. The van der Waals surface area contributed by atoms with Gasteiger partial charge in [0.2, 0.25) is 5.91 Å². The summed E-state index contributed by atoms with van der Waals surface area (Å²) in [5.74, 6) is -0.452. The van der Waals surface area contributed by atoms with Crippen LogP contribution in [-0.2, 0) is 4.79 Å². The van der Waals surface area contributed by atoms with E-state index in [0.717, 1.165) is 9.88 Å². The van der Waals surface area contributed by atoms with E-state index in [2.05, 4.69) is 21.7 Å². The van der Waals surface area contributed by atoms with Crippen molar-refractivity contribution in [3.63, 3.8) is 0 Å². The highest BCUT2D eigenvalue weighted by molar-refractivity contribution is 7.20. The van der Waals surface area contributed by atoms with Crippen LogP contribution >= 0.6 is 22.7 Å². The molecule has 2 aromatic rings. The molecule has 0 saturated heterocycles. The number of rotatable bonds is 7. The molecule has 2 heterocycles. The van der Waals surface area contributed by atoms with Gasteiger partial charge in [-0.1, -0.05) is 19.9 Å². The third kappa shape index (κ3) is 4.29. The van der Waals surface area contributed by atoms with Crippen molar-refractivity contribution in [2.45, 2.75) is 44.7 Å². The SMILES string of the molecule is CC(C)C[C@H](NC(=O)c1csc(-c2cccs2)n1)C(=O)NC1(C#N)CC1. The molecule has 1 aliphatic carbocycles. The van der Waals surface area contributed by atoms with Crippen LogP contribution in [0.3, 0.4) is 0 Å². The zero-order valence-corrected chi connectivity index (χ0v) is 16.2. The molecule has 1 atom stereocenters. The highest BCUT2D eigenvalue weighted by Crippen LogP contribution is 2.34. The number of thiophene rings is 1. The molecule has 6 nitrogen and oxygen atoms in total. The number of thiazole rings is 1. The summed E-state index contributed by atoms with van der Waals surface area (Å²) in [7, 11) is 0. The Labute approximate surface area is 160 Å². The van der Waals surface area contributed by atoms with Crippen LogP contribution in [0.15, 0.2) is 22.9 Å². The van der Waals surface area contributed by atoms with Crippen LogP contribution in [-0.4, -0.2) is 28.4 Å². The fraction of sp³-hybridized carbons (Fsp3) is 0.444. The second-order valence-corrected chi connectivity index (χ2v) is 8.66. The average Bonchev–Trinajstić information content (AvgIpc) is 3.04. The first-order valence-electron chi connectivity index (χ1n) is 8.46. The van der Waals surface area contributed by atoms with Crippen molar-refractivity contribution >= 4 is 34.5 Å². The maximum atomic E-state index is 12.6. The molecule has 1 aliphatic rings. The highest BCUT2D eigenvalue weighted by atomic mass is 32.1. The molecule has 0 spiro atoms. The van der Waals surface area contributed by atoms with Gasteiger partial charge < -0.3 is 10.6 Å². The molecule has 2 N–H and O–H groups in total. The first-order chi connectivity index (χ1) is 12.4. The summed E-state index contributed by atoms with van der Waals surface area (Å²) < 4.78 is 0. The molecule has 2 aromatic heterocycles. The predicted octanol–water partition coefficient (Wildman–Crippen LogP) is 3.19. The Kier molecular flexibility index (Phi) is 5.39. The second-order valence-electron chi connectivity index (χ2n) is 6.85. The van der Waals surface area contributed by atoms with E-state index in [4.69, 9.17) is 5.26 Å². The van der Waals surface area contributed by atoms with Crippen molar-refractivity contribution in [3.05, 3.63) is 28.6 Å². The normalized spacial score (nSPS) is 15.9. The number of nitrogens with one attached hydrogen (secondary N) is 2. The maximum absolute atomic E-state index is 12.6. The molecule has 2 amide bonds. The van der Waals surface area contributed by atoms with Crippen LogP contribution in [0.4, 0.5) is 0 Å². The van der Waals surface area contributed by atoms with Crippen LogP contribution in [0.1, 0.15) is 43.6 Å². The number of hydrogen-bond donors (Lipinski definition) is 2. The molecule has 26 heavy (non-hydrogen) atoms. The Balaban J connectivity index is 1.69. The fourth-order valence-corrected chi connectivity index (χ4v) is 4.15. The molecular weight excluding hydrogens is 368 g/mol. The molecule has 0 aliphatic heterocycles. The van der Waals surface area contributed by atoms with Crippen LogP contribution in [0.5, 0.6) is 0 Å². The number of carbonyl (C=O) groups excluding carboxylic acids is 2. The molecule has 0 radical (unpaired) electrons. The minimum Gasteiger partial charge on any atom is -0.339 e. The van der Waals surface area contributed by atoms with Gasteiger partial charge in [-0.15, -0.1) is 22.7 Å². The van der Waals surface area contributed by atoms with Gasteiger partial charge in [0.05, 0.1) is 10.9 Å². The highest BCUT2D eigenvalue weighted by Gasteiger charge is 2.45. The van der Waals surface area contributed by atoms with Crippen molar-refractivity contribution in [2.24, 2.45) is 5.92 Å². The molecule has 1 fully saturated rings. The van der Waals surface area contributed by atoms with E-state index < -0.39 is 11.6 Å². The van der Waals surface area contributed by atoms with Crippen molar-refractivity contribution in [2.75, 3.05) is 0 Å². The topological polar surface area (TPSA) is 94.9 Å². The van der Waals surface area contributed by atoms with Crippen molar-refractivity contribution in [1.29, 1.82) is 5.26 Å². The standard InChI is InChI=1S/C18H20N4O2S2/c1-11(2)8-12(16(24)22-18(10-19)5-6-18)20-15(23)13-9-26-17(21-13)14-4-3-7-25-14/h3-4,7,9,11-12H,5-6,8H2,1-2H3,(H,20,23)(H,22,24)/t12-/m0/s1. The number of nitriles is 1. The number of carbonyl (C=O) groups is 2. The summed E-state index contributed by atoms with van der Waals surface area (Å²) in [4.78, 5) is 30.5. The third-order valence-electron chi connectivity index (χ3n) is 4.12. The first kappa shape index (κ1) is 18.5. The van der Waals surface area contributed by atoms with Crippen molar-refractivity contribution in [1.82, 2.24) is 15.6 Å². The van der Waals surface area contributed by atoms with E-state index in [1.165, 1.54) is 11.3 Å². The van der Waals surface area contributed by atoms with Crippen LogP contribution in [0, 0.1) is 17.2 Å². The minimum atomic E-state index is -0.746. The summed E-state index contributed by atoms with van der Waals surface area (Å²) in [6.07, 6.45) is 1.82. The van der Waals surface area contributed by atoms with Crippen LogP contribution < -0.4 is 10.6 Å². The van der Waals surface area contributed by atoms with Gasteiger partial charge in [0, 0.05) is 5.38 Å². The molecule has 0 bridgehead atoms. The lowest BCUT2D eigenvalue weighted by Crippen LogP contribution is -2.50. The van der Waals surface area contributed by atoms with E-state index in [1.54, 1.807) is 16.7 Å². The zero-order chi connectivity index (χ0) is 18.7. The molecule has 1 saturated carbocycles. The molecule has 136 valence electrons. The predicted molar refractivity (Wildman–Crippen MR) is 102 cm³/mol. The number of nitrogens with zero attached hydrogens (tertiary/aromatic N) is 2. The number of amides is 2. The van der Waals surface area contributed by atoms with E-state index in [0.29, 0.717) is 25.0 Å². The van der Waals surface area contributed by atoms with Gasteiger partial charge in [0.1, 0.15) is 22.3 Å². The number of aromatic nitrogens is 1. The second kappa shape index (κ2) is 7.56. The minimum absolute atomic E-state index is 0.223. The lowest BCUT2D eigenvalue weighted by Gasteiger charge is -2.21. The van der Waals surface area contributed by atoms with Gasteiger partial charge in [-0.3, -0.25) is 9.59 Å². The van der Waals surface area contributed by atoms with Crippen molar-refractivity contribution in [3.8, 4) is 16.0 Å². The molecule has 3 rings (SSSR count). The molecule has 8 heteroatoms. The summed E-state index contributed by atoms with van der Waals surface area (Å²) >= 11 is 2.97. The van der Waals surface area contributed by atoms with Gasteiger partial charge in [-0.25, -0.2) is 4.98 Å². The third-order valence-corrected chi connectivity index (χ3v) is 6.01. The first-order valence-corrected chi connectivity index (χ1v) is 10.2. The van der Waals surface area contributed by atoms with Gasteiger partial charge in [0.15, 0.2) is 0 Å². The van der Waals surface area contributed by atoms with Crippen molar-refractivity contribution < 1.29 is 9.59 Å². The summed E-state index contributed by atoms with van der Waals surface area (Å²) in [6, 6.07) is 5.35. The van der Waals surface area contributed by atoms with E-state index in [-0.39, 0.29) is 17.7 Å². The van der Waals surface area contributed by atoms with E-state index >= 15 is 0 Å². The number of hydrogen-bond acceptors (Lipinski definition) is 6. The van der Waals surface area contributed by atoms with Gasteiger partial charge in [-0.2, -0.15) is 5.26 Å². The Morgan fingerprint density at radius 1 is 1.38 bits per heavy atom. The Morgan fingerprint density at radius 2 is 2.15 bits per heavy atom. The largest absolute Gasteiger partial charge is 0.339 e. The fourth-order valence-electron chi connectivity index (χ4n) is 2.54. The Bertz CT molecular complexity index is 832. The van der Waals surface area contributed by atoms with E-state index in [1.807, 2.05) is 31.4 Å². The Morgan fingerprint density at radius 3 is 2.73 bits per heavy atom. The lowest BCUT2D eigenvalue weighted by atomic mass is 10.0. The smallest absolute Gasteiger partial charge is 0.271 e. The van der Waals surface area contributed by atoms with Crippen LogP contribution in [0.2, 0.25) is 0 Å². The summed E-state index contributed by atoms with van der Waals surface area (Å²) in [5.41, 5.74) is -0.439. The molecule has 0 unspecified atom stereocenters. The van der Waals surface area contributed by atoms with Crippen LogP contribution in [0.25, 0.3) is 9.88 Å². The average molecular weight is 389 g/mol. The summed E-state index contributed by atoms with van der Waals surface area (Å²) in [6.45, 7) is 3.97. The quantitative estimate of drug-likeness (QED) is 0.761. The lowest BCUT2D eigenvalue weighted by molar-refractivity contribution is -0.123. The van der Waals surface area contributed by atoms with Gasteiger partial charge >= 0.3 is 0 Å². The summed E-state index contributed by atoms with van der Waals surface area (Å²) in [5, 5.41) is 19.2. The van der Waals surface area contributed by atoms with Gasteiger partial charge in [-0.05, 0) is 36.6 Å².